The molecule has 0 N–H and O–H groups in total. The Bertz CT molecular complexity index is 633. The van der Waals surface area contributed by atoms with Crippen LogP contribution in [0.4, 0.5) is 0 Å². The van der Waals surface area contributed by atoms with Crippen LogP contribution in [0.1, 0.15) is 27.7 Å². The topological polar surface area (TPSA) is 133 Å². The third-order valence-electron chi connectivity index (χ3n) is 4.27. The third-order valence-corrected chi connectivity index (χ3v) is 4.27. The summed E-state index contributed by atoms with van der Waals surface area (Å²) in [7, 11) is 3.26. The van der Waals surface area contributed by atoms with Gasteiger partial charge in [-0.2, -0.15) is 0 Å². The Labute approximate surface area is 187 Å². The van der Waals surface area contributed by atoms with Crippen molar-refractivity contribution in [2.75, 3.05) is 67.6 Å². The lowest BCUT2D eigenvalue weighted by Gasteiger charge is -2.27. The molecular formula is C20H40N2O8S. The van der Waals surface area contributed by atoms with Gasteiger partial charge in [-0.1, -0.05) is 13.2 Å². The molecule has 0 aliphatic carbocycles. The lowest BCUT2D eigenvalue weighted by Crippen LogP contribution is -2.42. The van der Waals surface area contributed by atoms with E-state index in [0.717, 1.165) is 35.1 Å². The molecule has 0 aromatic carbocycles. The molecule has 11 heteroatoms. The van der Waals surface area contributed by atoms with Gasteiger partial charge in [0, 0.05) is 21.5 Å². The van der Waals surface area contributed by atoms with Gasteiger partial charge in [-0.25, -0.2) is 9.59 Å². The molecule has 0 fully saturated rings. The summed E-state index contributed by atoms with van der Waals surface area (Å²) in [6.45, 7) is 19.2. The Hall–Kier alpha value is -1.79. The molecule has 184 valence electrons. The highest BCUT2D eigenvalue weighted by Gasteiger charge is 2.13. The van der Waals surface area contributed by atoms with E-state index in [-0.39, 0.29) is 11.9 Å². The van der Waals surface area contributed by atoms with Gasteiger partial charge in [-0.15, -0.1) is 0 Å². The van der Waals surface area contributed by atoms with Crippen molar-refractivity contribution in [2.24, 2.45) is 0 Å². The van der Waals surface area contributed by atoms with Crippen LogP contribution in [-0.4, -0.2) is 106 Å². The van der Waals surface area contributed by atoms with E-state index in [1.54, 1.807) is 13.8 Å². The van der Waals surface area contributed by atoms with Crippen LogP contribution in [0.25, 0.3) is 0 Å². The molecule has 31 heavy (non-hydrogen) atoms. The summed E-state index contributed by atoms with van der Waals surface area (Å²) in [5.41, 5.74) is 0.920. The Kier molecular flexibility index (Phi) is 17.4. The number of carbonyl (C=O) groups is 2. The number of hydrogen-bond acceptors (Lipinski definition) is 8. The van der Waals surface area contributed by atoms with Gasteiger partial charge in [0.25, 0.3) is 0 Å². The predicted octanol–water partition coefficient (Wildman–Crippen LogP) is 1.07. The zero-order valence-corrected chi connectivity index (χ0v) is 21.0. The summed E-state index contributed by atoms with van der Waals surface area (Å²) in [6, 6.07) is 0. The normalized spacial score (nSPS) is 11.2. The van der Waals surface area contributed by atoms with E-state index in [0.29, 0.717) is 24.4 Å². The van der Waals surface area contributed by atoms with Crippen molar-refractivity contribution in [3.05, 3.63) is 24.3 Å². The minimum Gasteiger partial charge on any atom is -0.759 e. The summed E-state index contributed by atoms with van der Waals surface area (Å²) in [6.07, 6.45) is 0. The number of hydrogen-bond donors (Lipinski definition) is 0. The van der Waals surface area contributed by atoms with Gasteiger partial charge in [0.15, 0.2) is 0 Å². The average molecular weight is 469 g/mol. The van der Waals surface area contributed by atoms with E-state index in [9.17, 15) is 9.59 Å². The standard InChI is InChI=1S/2C10H20NO2.H2O4S/c2*1-6-11(4,5)7-8-13-10(12)9(2)3;1-5(2,3)4/h2*2,6-8H2,1,3-5H3;(H2,1,2,3,4)/q2*+1;/p-2. The van der Waals surface area contributed by atoms with Crippen LogP contribution in [0.3, 0.4) is 0 Å². The van der Waals surface area contributed by atoms with Crippen molar-refractivity contribution >= 4 is 22.3 Å². The van der Waals surface area contributed by atoms with Crippen molar-refractivity contribution in [3.63, 3.8) is 0 Å². The second-order valence-corrected chi connectivity index (χ2v) is 9.01. The van der Waals surface area contributed by atoms with E-state index in [1.165, 1.54) is 0 Å². The van der Waals surface area contributed by atoms with Crippen LogP contribution < -0.4 is 0 Å². The maximum atomic E-state index is 11.0. The van der Waals surface area contributed by atoms with Crippen molar-refractivity contribution in [1.82, 2.24) is 0 Å². The molecular weight excluding hydrogens is 428 g/mol. The first-order chi connectivity index (χ1) is 13.8. The number of likely N-dealkylation sites (N-methyl/N-ethyl adjacent to an activating group) is 2. The number of esters is 2. The van der Waals surface area contributed by atoms with Crippen LogP contribution in [0.15, 0.2) is 24.3 Å². The van der Waals surface area contributed by atoms with Crippen molar-refractivity contribution < 1.29 is 45.6 Å². The van der Waals surface area contributed by atoms with Crippen LogP contribution in [0.5, 0.6) is 0 Å². The molecule has 0 unspecified atom stereocenters. The number of ether oxygens (including phenoxy) is 2. The smallest absolute Gasteiger partial charge is 0.333 e. The number of carbonyl (C=O) groups excluding carboxylic acids is 2. The van der Waals surface area contributed by atoms with E-state index in [2.05, 4.69) is 55.2 Å². The van der Waals surface area contributed by atoms with Crippen molar-refractivity contribution in [3.8, 4) is 0 Å². The monoisotopic (exact) mass is 468 g/mol. The molecule has 0 aromatic heterocycles. The molecule has 0 heterocycles. The maximum Gasteiger partial charge on any atom is 0.333 e. The summed E-state index contributed by atoms with van der Waals surface area (Å²) < 4.78 is 45.8. The van der Waals surface area contributed by atoms with Gasteiger partial charge in [0.2, 0.25) is 0 Å². The van der Waals surface area contributed by atoms with Gasteiger partial charge in [0.05, 0.1) is 41.3 Å². The van der Waals surface area contributed by atoms with Gasteiger partial charge in [-0.3, -0.25) is 8.42 Å². The third kappa shape index (κ3) is 28.2. The Morgan fingerprint density at radius 1 is 0.774 bits per heavy atom. The second kappa shape index (κ2) is 15.9. The molecule has 0 atom stereocenters. The number of nitrogens with zero attached hydrogens (tertiary/aromatic N) is 2. The van der Waals surface area contributed by atoms with Crippen molar-refractivity contribution in [2.45, 2.75) is 27.7 Å². The lowest BCUT2D eigenvalue weighted by molar-refractivity contribution is -0.888. The number of quaternary nitrogens is 2. The minimum absolute atomic E-state index is 0.295. The Balaban J connectivity index is -0.000000416. The quantitative estimate of drug-likeness (QED) is 0.153. The van der Waals surface area contributed by atoms with E-state index in [1.807, 2.05) is 0 Å². The molecule has 0 aliphatic heterocycles. The first-order valence-electron chi connectivity index (χ1n) is 9.74. The highest BCUT2D eigenvalue weighted by Crippen LogP contribution is 1.98. The van der Waals surface area contributed by atoms with Crippen LogP contribution in [0, 0.1) is 0 Å². The fourth-order valence-electron chi connectivity index (χ4n) is 1.33. The zero-order valence-electron chi connectivity index (χ0n) is 20.2. The fourth-order valence-corrected chi connectivity index (χ4v) is 1.33. The first kappa shape index (κ1) is 33.8. The molecule has 0 saturated heterocycles. The van der Waals surface area contributed by atoms with Crippen molar-refractivity contribution in [1.29, 1.82) is 0 Å². The van der Waals surface area contributed by atoms with E-state index >= 15 is 0 Å². The molecule has 0 radical (unpaired) electrons. The first-order valence-corrected chi connectivity index (χ1v) is 11.1. The zero-order chi connectivity index (χ0) is 25.5. The van der Waals surface area contributed by atoms with Gasteiger partial charge in [0.1, 0.15) is 26.3 Å². The molecule has 0 amide bonds. The SMILES string of the molecule is C=C(C)C(=O)OCC[N+](C)(C)CC.C=C(C)C(=O)OCC[N+](C)(C)CC.O=S(=O)([O-])[O-]. The Morgan fingerprint density at radius 3 is 1.16 bits per heavy atom. The van der Waals surface area contributed by atoms with Gasteiger partial charge in [-0.05, 0) is 27.7 Å². The predicted molar refractivity (Wildman–Crippen MR) is 117 cm³/mol. The van der Waals surface area contributed by atoms with E-state index < -0.39 is 10.4 Å². The van der Waals surface area contributed by atoms with E-state index in [4.69, 9.17) is 27.0 Å². The van der Waals surface area contributed by atoms with Gasteiger partial charge >= 0.3 is 11.9 Å². The van der Waals surface area contributed by atoms with Crippen LogP contribution >= 0.6 is 0 Å². The maximum absolute atomic E-state index is 11.0. The fraction of sp³-hybridized carbons (Fsp3) is 0.700. The summed E-state index contributed by atoms with van der Waals surface area (Å²) in [4.78, 5) is 22.0. The van der Waals surface area contributed by atoms with Gasteiger partial charge < -0.3 is 27.5 Å². The molecule has 0 rings (SSSR count). The highest BCUT2D eigenvalue weighted by atomic mass is 32.3. The molecule has 0 aromatic rings. The summed E-state index contributed by atoms with van der Waals surface area (Å²) in [5.74, 6) is -0.591. The summed E-state index contributed by atoms with van der Waals surface area (Å²) >= 11 is 0. The molecule has 10 nitrogen and oxygen atoms in total. The molecule has 0 bridgehead atoms. The molecule has 0 spiro atoms. The molecule has 0 saturated carbocycles. The van der Waals surface area contributed by atoms with Crippen LogP contribution in [-0.2, 0) is 29.5 Å². The highest BCUT2D eigenvalue weighted by molar-refractivity contribution is 7.79. The lowest BCUT2D eigenvalue weighted by atomic mass is 10.4. The summed E-state index contributed by atoms with van der Waals surface area (Å²) in [5, 5.41) is 0. The largest absolute Gasteiger partial charge is 0.759 e. The Morgan fingerprint density at radius 2 is 1.00 bits per heavy atom. The second-order valence-electron chi connectivity index (χ2n) is 8.19. The molecule has 0 aliphatic rings. The minimum atomic E-state index is -5.17. The number of rotatable bonds is 10. The van der Waals surface area contributed by atoms with Crippen LogP contribution in [0.2, 0.25) is 0 Å². The average Bonchev–Trinajstić information content (AvgIpc) is 2.60.